The first kappa shape index (κ1) is 11.5. The second kappa shape index (κ2) is 4.37. The molecule has 0 radical (unpaired) electrons. The predicted octanol–water partition coefficient (Wildman–Crippen LogP) is 3.35. The smallest absolute Gasteiger partial charge is 0.414 e. The van der Waals surface area contributed by atoms with E-state index in [9.17, 15) is 4.79 Å². The van der Waals surface area contributed by atoms with E-state index in [0.29, 0.717) is 12.5 Å². The summed E-state index contributed by atoms with van der Waals surface area (Å²) in [5.41, 5.74) is 3.50. The van der Waals surface area contributed by atoms with Crippen molar-refractivity contribution in [3.8, 4) is 0 Å². The van der Waals surface area contributed by atoms with E-state index >= 15 is 0 Å². The van der Waals surface area contributed by atoms with Crippen LogP contribution in [0.1, 0.15) is 17.0 Å². The second-order valence-electron chi connectivity index (χ2n) is 5.36. The van der Waals surface area contributed by atoms with E-state index in [1.807, 2.05) is 29.2 Å². The third kappa shape index (κ3) is 1.63. The minimum absolute atomic E-state index is 0.111. The maximum atomic E-state index is 12.1. The van der Waals surface area contributed by atoms with E-state index in [1.54, 1.807) is 0 Å². The van der Waals surface area contributed by atoms with Gasteiger partial charge in [0.1, 0.15) is 6.61 Å². The number of carbonyl (C=O) groups is 1. The number of anilines is 1. The van der Waals surface area contributed by atoms with Crippen LogP contribution < -0.4 is 4.90 Å². The zero-order chi connectivity index (χ0) is 13.5. The molecule has 2 aliphatic heterocycles. The quantitative estimate of drug-likeness (QED) is 0.791. The van der Waals surface area contributed by atoms with Crippen molar-refractivity contribution in [3.05, 3.63) is 65.7 Å². The van der Waals surface area contributed by atoms with Crippen LogP contribution in [0.15, 0.2) is 54.6 Å². The van der Waals surface area contributed by atoms with Crippen molar-refractivity contribution in [2.24, 2.45) is 0 Å². The number of rotatable bonds is 1. The van der Waals surface area contributed by atoms with Gasteiger partial charge in [0.15, 0.2) is 0 Å². The molecule has 0 bridgehead atoms. The normalized spacial score (nSPS) is 24.0. The molecular weight excluding hydrogens is 250 g/mol. The van der Waals surface area contributed by atoms with Gasteiger partial charge in [0.05, 0.1) is 11.7 Å². The van der Waals surface area contributed by atoms with Crippen molar-refractivity contribution in [2.75, 3.05) is 11.5 Å². The van der Waals surface area contributed by atoms with Crippen molar-refractivity contribution in [1.82, 2.24) is 0 Å². The Morgan fingerprint density at radius 3 is 2.60 bits per heavy atom. The van der Waals surface area contributed by atoms with Gasteiger partial charge in [0.2, 0.25) is 0 Å². The number of hydrogen-bond acceptors (Lipinski definition) is 2. The van der Waals surface area contributed by atoms with Gasteiger partial charge in [-0.2, -0.15) is 0 Å². The number of ether oxygens (including phenoxy) is 1. The van der Waals surface area contributed by atoms with E-state index in [-0.39, 0.29) is 12.1 Å². The van der Waals surface area contributed by atoms with Gasteiger partial charge in [-0.05, 0) is 23.6 Å². The van der Waals surface area contributed by atoms with Crippen LogP contribution in [0.2, 0.25) is 0 Å². The number of hydrogen-bond donors (Lipinski definition) is 0. The minimum Gasteiger partial charge on any atom is -0.447 e. The Morgan fingerprint density at radius 2 is 1.75 bits per heavy atom. The summed E-state index contributed by atoms with van der Waals surface area (Å²) in [6, 6.07) is 18.6. The predicted molar refractivity (Wildman–Crippen MR) is 76.9 cm³/mol. The maximum Gasteiger partial charge on any atom is 0.414 e. The van der Waals surface area contributed by atoms with Gasteiger partial charge in [0.25, 0.3) is 0 Å². The Kier molecular flexibility index (Phi) is 2.52. The number of amides is 1. The average molecular weight is 265 g/mol. The highest BCUT2D eigenvalue weighted by atomic mass is 16.6. The van der Waals surface area contributed by atoms with Crippen LogP contribution in [-0.2, 0) is 11.2 Å². The molecule has 0 N–H and O–H groups in total. The Balaban J connectivity index is 1.83. The summed E-state index contributed by atoms with van der Waals surface area (Å²) in [4.78, 5) is 13.9. The molecule has 3 nitrogen and oxygen atoms in total. The Labute approximate surface area is 117 Å². The van der Waals surface area contributed by atoms with E-state index in [2.05, 4.69) is 30.3 Å². The molecule has 4 rings (SSSR count). The standard InChI is InChI=1S/C17H15NO2/c19-17-18-15-9-5-4-8-13(15)10-14(16(18)11-20-17)12-6-2-1-3-7-12/h1-9,14,16H,10-11H2/t14-,16-/m1/s1. The first-order chi connectivity index (χ1) is 9.84. The van der Waals surface area contributed by atoms with E-state index in [0.717, 1.165) is 12.1 Å². The van der Waals surface area contributed by atoms with Crippen LogP contribution in [-0.4, -0.2) is 18.7 Å². The van der Waals surface area contributed by atoms with E-state index in [4.69, 9.17) is 4.74 Å². The molecule has 1 amide bonds. The van der Waals surface area contributed by atoms with Gasteiger partial charge < -0.3 is 4.74 Å². The summed E-state index contributed by atoms with van der Waals surface area (Å²) in [5, 5.41) is 0. The summed E-state index contributed by atoms with van der Waals surface area (Å²) in [7, 11) is 0. The molecule has 2 atom stereocenters. The number of nitrogens with zero attached hydrogens (tertiary/aromatic N) is 1. The molecule has 2 aromatic rings. The SMILES string of the molecule is O=C1OC[C@@H]2[C@@H](c3ccccc3)Cc3ccccc3N12. The molecule has 3 heteroatoms. The fourth-order valence-corrected chi connectivity index (χ4v) is 3.34. The van der Waals surface area contributed by atoms with E-state index < -0.39 is 0 Å². The summed E-state index contributed by atoms with van der Waals surface area (Å²) < 4.78 is 5.30. The number of fused-ring (bicyclic) bond motifs is 3. The van der Waals surface area contributed by atoms with Crippen molar-refractivity contribution in [2.45, 2.75) is 18.4 Å². The van der Waals surface area contributed by atoms with Gasteiger partial charge in [-0.25, -0.2) is 4.79 Å². The summed E-state index contributed by atoms with van der Waals surface area (Å²) in [6.45, 7) is 0.479. The molecule has 0 spiro atoms. The summed E-state index contributed by atoms with van der Waals surface area (Å²) >= 11 is 0. The van der Waals surface area contributed by atoms with Crippen LogP contribution in [0.3, 0.4) is 0 Å². The van der Waals surface area contributed by atoms with Crippen LogP contribution in [0.4, 0.5) is 10.5 Å². The Morgan fingerprint density at radius 1 is 1.00 bits per heavy atom. The fraction of sp³-hybridized carbons (Fsp3) is 0.235. The van der Waals surface area contributed by atoms with Gasteiger partial charge >= 0.3 is 6.09 Å². The first-order valence-corrected chi connectivity index (χ1v) is 6.93. The monoisotopic (exact) mass is 265 g/mol. The average Bonchev–Trinajstić information content (AvgIpc) is 2.90. The maximum absolute atomic E-state index is 12.1. The van der Waals surface area contributed by atoms with Gasteiger partial charge in [-0.15, -0.1) is 0 Å². The molecule has 0 aliphatic carbocycles. The van der Waals surface area contributed by atoms with Gasteiger partial charge in [-0.3, -0.25) is 4.90 Å². The van der Waals surface area contributed by atoms with Crippen LogP contribution in [0.25, 0.3) is 0 Å². The van der Waals surface area contributed by atoms with Crippen LogP contribution in [0.5, 0.6) is 0 Å². The minimum atomic E-state index is -0.219. The molecule has 0 saturated carbocycles. The van der Waals surface area contributed by atoms with E-state index in [1.165, 1.54) is 11.1 Å². The molecule has 1 fully saturated rings. The summed E-state index contributed by atoms with van der Waals surface area (Å²) in [5.74, 6) is 0.303. The molecule has 0 aromatic heterocycles. The highest BCUT2D eigenvalue weighted by Gasteiger charge is 2.44. The van der Waals surface area contributed by atoms with Crippen LogP contribution in [0, 0.1) is 0 Å². The van der Waals surface area contributed by atoms with Crippen molar-refractivity contribution in [1.29, 1.82) is 0 Å². The van der Waals surface area contributed by atoms with Crippen molar-refractivity contribution < 1.29 is 9.53 Å². The first-order valence-electron chi connectivity index (χ1n) is 6.93. The second-order valence-corrected chi connectivity index (χ2v) is 5.36. The van der Waals surface area contributed by atoms with Crippen molar-refractivity contribution in [3.63, 3.8) is 0 Å². The number of benzene rings is 2. The molecule has 100 valence electrons. The zero-order valence-electron chi connectivity index (χ0n) is 11.0. The number of cyclic esters (lactones) is 1. The molecule has 20 heavy (non-hydrogen) atoms. The molecule has 2 aromatic carbocycles. The zero-order valence-corrected chi connectivity index (χ0v) is 11.0. The Hall–Kier alpha value is -2.29. The van der Waals surface area contributed by atoms with Crippen molar-refractivity contribution >= 4 is 11.8 Å². The molecule has 0 unspecified atom stereocenters. The topological polar surface area (TPSA) is 29.5 Å². The molecular formula is C17H15NO2. The third-order valence-corrected chi connectivity index (χ3v) is 4.29. The fourth-order valence-electron chi connectivity index (χ4n) is 3.34. The lowest BCUT2D eigenvalue weighted by Crippen LogP contribution is -2.42. The van der Waals surface area contributed by atoms with Gasteiger partial charge in [0, 0.05) is 5.92 Å². The highest BCUT2D eigenvalue weighted by Crippen LogP contribution is 2.41. The lowest BCUT2D eigenvalue weighted by atomic mass is 9.82. The molecule has 2 heterocycles. The molecule has 1 saturated heterocycles. The van der Waals surface area contributed by atoms with Crippen LogP contribution >= 0.6 is 0 Å². The Bertz CT molecular complexity index is 653. The summed E-state index contributed by atoms with van der Waals surface area (Å²) in [6.07, 6.45) is 0.737. The highest BCUT2D eigenvalue weighted by molar-refractivity contribution is 5.92. The molecule has 2 aliphatic rings. The number of para-hydroxylation sites is 1. The number of carbonyl (C=O) groups excluding carboxylic acids is 1. The largest absolute Gasteiger partial charge is 0.447 e. The third-order valence-electron chi connectivity index (χ3n) is 4.29. The lowest BCUT2D eigenvalue weighted by molar-refractivity contribution is 0.178. The van der Waals surface area contributed by atoms with Gasteiger partial charge in [-0.1, -0.05) is 48.5 Å². The lowest BCUT2D eigenvalue weighted by Gasteiger charge is -2.36.